The van der Waals surface area contributed by atoms with Crippen molar-refractivity contribution < 1.29 is 4.39 Å². The summed E-state index contributed by atoms with van der Waals surface area (Å²) < 4.78 is 13.7. The van der Waals surface area contributed by atoms with Crippen LogP contribution in [0.2, 0.25) is 10.0 Å². The van der Waals surface area contributed by atoms with Gasteiger partial charge in [0.25, 0.3) is 0 Å². The van der Waals surface area contributed by atoms with Crippen LogP contribution in [0.3, 0.4) is 0 Å². The highest BCUT2D eigenvalue weighted by molar-refractivity contribution is 6.36. The van der Waals surface area contributed by atoms with Gasteiger partial charge in [-0.05, 0) is 11.5 Å². The van der Waals surface area contributed by atoms with E-state index in [1.165, 1.54) is 6.07 Å². The molecule has 0 aliphatic carbocycles. The lowest BCUT2D eigenvalue weighted by Gasteiger charge is -2.23. The first-order valence-electron chi connectivity index (χ1n) is 4.18. The van der Waals surface area contributed by atoms with Gasteiger partial charge in [-0.2, -0.15) is 0 Å². The molecule has 2 N–H and O–H groups in total. The van der Waals surface area contributed by atoms with Crippen LogP contribution in [0, 0.1) is 5.82 Å². The second kappa shape index (κ2) is 3.59. The molecule has 0 saturated carbocycles. The second-order valence-corrected chi connectivity index (χ2v) is 5.01. The smallest absolute Gasteiger partial charge is 0.147 e. The Hall–Kier alpha value is -0.470. The minimum absolute atomic E-state index is 0.00845. The van der Waals surface area contributed by atoms with Gasteiger partial charge in [-0.15, -0.1) is 0 Å². The van der Waals surface area contributed by atoms with Crippen molar-refractivity contribution in [1.29, 1.82) is 0 Å². The van der Waals surface area contributed by atoms with E-state index in [1.54, 1.807) is 0 Å². The van der Waals surface area contributed by atoms with E-state index in [-0.39, 0.29) is 10.7 Å². The van der Waals surface area contributed by atoms with Crippen molar-refractivity contribution >= 4 is 28.9 Å². The molecule has 0 radical (unpaired) electrons. The second-order valence-electron chi connectivity index (χ2n) is 4.19. The minimum atomic E-state index is -0.485. The first-order valence-corrected chi connectivity index (χ1v) is 4.94. The first-order chi connectivity index (χ1) is 6.25. The van der Waals surface area contributed by atoms with Crippen molar-refractivity contribution in [1.82, 2.24) is 0 Å². The van der Waals surface area contributed by atoms with Crippen LogP contribution < -0.4 is 5.73 Å². The zero-order valence-corrected chi connectivity index (χ0v) is 9.80. The zero-order valence-electron chi connectivity index (χ0n) is 8.29. The molecule has 0 unspecified atom stereocenters. The molecule has 0 saturated heterocycles. The van der Waals surface area contributed by atoms with Crippen molar-refractivity contribution in [3.05, 3.63) is 27.5 Å². The molecule has 0 amide bonds. The highest BCUT2D eigenvalue weighted by Gasteiger charge is 2.25. The van der Waals surface area contributed by atoms with Crippen molar-refractivity contribution in [2.24, 2.45) is 0 Å². The Morgan fingerprint density at radius 3 is 2.14 bits per heavy atom. The molecule has 14 heavy (non-hydrogen) atoms. The van der Waals surface area contributed by atoms with E-state index >= 15 is 0 Å². The fourth-order valence-electron chi connectivity index (χ4n) is 1.34. The van der Waals surface area contributed by atoms with Gasteiger partial charge in [-0.1, -0.05) is 44.0 Å². The molecular formula is C10H12Cl2FN. The van der Waals surface area contributed by atoms with E-state index in [9.17, 15) is 4.39 Å². The molecule has 78 valence electrons. The highest BCUT2D eigenvalue weighted by atomic mass is 35.5. The summed E-state index contributed by atoms with van der Waals surface area (Å²) in [5.74, 6) is -0.485. The van der Waals surface area contributed by atoms with Crippen LogP contribution in [0.1, 0.15) is 26.3 Å². The minimum Gasteiger partial charge on any atom is -0.397 e. The third-order valence-corrected chi connectivity index (χ3v) is 2.55. The van der Waals surface area contributed by atoms with Crippen molar-refractivity contribution in [3.63, 3.8) is 0 Å². The molecule has 0 aliphatic heterocycles. The molecule has 0 aliphatic rings. The average Bonchev–Trinajstić information content (AvgIpc) is 1.98. The predicted molar refractivity (Wildman–Crippen MR) is 59.5 cm³/mol. The summed E-state index contributed by atoms with van der Waals surface area (Å²) in [5.41, 5.74) is 5.93. The summed E-state index contributed by atoms with van der Waals surface area (Å²) in [6.45, 7) is 5.57. The first kappa shape index (κ1) is 11.6. The van der Waals surface area contributed by atoms with Gasteiger partial charge >= 0.3 is 0 Å². The van der Waals surface area contributed by atoms with Crippen LogP contribution in [-0.2, 0) is 5.41 Å². The number of rotatable bonds is 0. The number of hydrogen-bond donors (Lipinski definition) is 1. The number of hydrogen-bond acceptors (Lipinski definition) is 1. The topological polar surface area (TPSA) is 26.0 Å². The molecule has 0 aromatic heterocycles. The van der Waals surface area contributed by atoms with E-state index in [2.05, 4.69) is 0 Å². The molecule has 1 rings (SSSR count). The largest absolute Gasteiger partial charge is 0.397 e. The van der Waals surface area contributed by atoms with Gasteiger partial charge in [0.2, 0.25) is 0 Å². The molecule has 0 atom stereocenters. The Morgan fingerprint density at radius 1 is 1.21 bits per heavy atom. The van der Waals surface area contributed by atoms with Gasteiger partial charge in [0.1, 0.15) is 5.82 Å². The molecule has 1 nitrogen and oxygen atoms in total. The number of benzene rings is 1. The lowest BCUT2D eigenvalue weighted by Crippen LogP contribution is -2.17. The van der Waals surface area contributed by atoms with Crippen molar-refractivity contribution in [2.45, 2.75) is 26.2 Å². The van der Waals surface area contributed by atoms with Crippen LogP contribution in [0.4, 0.5) is 10.1 Å². The van der Waals surface area contributed by atoms with E-state index in [0.717, 1.165) is 0 Å². The standard InChI is InChI=1S/C10H12Cl2FN/c1-10(2,3)7-8(13)5(11)4-6(12)9(7)14/h4H,14H2,1-3H3. The Labute approximate surface area is 93.0 Å². The van der Waals surface area contributed by atoms with E-state index in [4.69, 9.17) is 28.9 Å². The Kier molecular flexibility index (Phi) is 2.98. The quantitative estimate of drug-likeness (QED) is 0.534. The number of nitrogens with two attached hydrogens (primary N) is 1. The summed E-state index contributed by atoms with van der Waals surface area (Å²) >= 11 is 11.5. The van der Waals surface area contributed by atoms with Gasteiger partial charge in [0, 0.05) is 5.56 Å². The summed E-state index contributed by atoms with van der Waals surface area (Å²) in [6.07, 6.45) is 0. The third kappa shape index (κ3) is 1.96. The third-order valence-electron chi connectivity index (χ3n) is 1.96. The average molecular weight is 236 g/mol. The molecule has 1 aromatic carbocycles. The molecule has 0 spiro atoms. The maximum absolute atomic E-state index is 13.7. The molecule has 0 fully saturated rings. The Bertz CT molecular complexity index is 343. The predicted octanol–water partition coefficient (Wildman–Crippen LogP) is 4.01. The fraction of sp³-hybridized carbons (Fsp3) is 0.400. The number of anilines is 1. The fourth-order valence-corrected chi connectivity index (χ4v) is 1.81. The monoisotopic (exact) mass is 235 g/mol. The molecule has 4 heteroatoms. The maximum atomic E-state index is 13.7. The number of nitrogen functional groups attached to an aromatic ring is 1. The van der Waals surface area contributed by atoms with Crippen LogP contribution in [0.15, 0.2) is 6.07 Å². The summed E-state index contributed by atoms with van der Waals surface area (Å²) in [4.78, 5) is 0. The normalized spacial score (nSPS) is 11.9. The van der Waals surface area contributed by atoms with E-state index in [0.29, 0.717) is 10.6 Å². The molecule has 1 aromatic rings. The summed E-state index contributed by atoms with van der Waals surface area (Å²) in [6, 6.07) is 1.32. The van der Waals surface area contributed by atoms with Crippen molar-refractivity contribution in [3.8, 4) is 0 Å². The van der Waals surface area contributed by atoms with Gasteiger partial charge in [-0.25, -0.2) is 4.39 Å². The summed E-state index contributed by atoms with van der Waals surface area (Å²) in [5, 5.41) is 0.301. The van der Waals surface area contributed by atoms with Crippen LogP contribution >= 0.6 is 23.2 Å². The van der Waals surface area contributed by atoms with E-state index < -0.39 is 11.2 Å². The summed E-state index contributed by atoms with van der Waals surface area (Å²) in [7, 11) is 0. The molecular weight excluding hydrogens is 224 g/mol. The Balaban J connectivity index is 3.56. The Morgan fingerprint density at radius 2 is 1.71 bits per heavy atom. The number of halogens is 3. The van der Waals surface area contributed by atoms with Gasteiger partial charge in [-0.3, -0.25) is 0 Å². The van der Waals surface area contributed by atoms with Gasteiger partial charge < -0.3 is 5.73 Å². The molecule has 0 bridgehead atoms. The van der Waals surface area contributed by atoms with Gasteiger partial charge in [0.15, 0.2) is 0 Å². The SMILES string of the molecule is CC(C)(C)c1c(N)c(Cl)cc(Cl)c1F. The zero-order chi connectivity index (χ0) is 11.1. The van der Waals surface area contributed by atoms with Crippen LogP contribution in [0.25, 0.3) is 0 Å². The molecule has 0 heterocycles. The lowest BCUT2D eigenvalue weighted by molar-refractivity contribution is 0.525. The van der Waals surface area contributed by atoms with Crippen LogP contribution in [-0.4, -0.2) is 0 Å². The van der Waals surface area contributed by atoms with E-state index in [1.807, 2.05) is 20.8 Å². The van der Waals surface area contributed by atoms with Gasteiger partial charge in [0.05, 0.1) is 15.7 Å². The van der Waals surface area contributed by atoms with Crippen molar-refractivity contribution in [2.75, 3.05) is 5.73 Å². The van der Waals surface area contributed by atoms with Crippen LogP contribution in [0.5, 0.6) is 0 Å². The lowest BCUT2D eigenvalue weighted by atomic mass is 9.85. The maximum Gasteiger partial charge on any atom is 0.147 e. The highest BCUT2D eigenvalue weighted by Crippen LogP contribution is 2.38.